The average Bonchev–Trinajstić information content (AvgIpc) is 2.43. The van der Waals surface area contributed by atoms with E-state index in [1.165, 1.54) is 0 Å². The Morgan fingerprint density at radius 1 is 1.05 bits per heavy atom. The van der Waals surface area contributed by atoms with Crippen LogP contribution in [0.2, 0.25) is 5.02 Å². The van der Waals surface area contributed by atoms with Crippen LogP contribution in [0.3, 0.4) is 0 Å². The molecule has 0 radical (unpaired) electrons. The van der Waals surface area contributed by atoms with Crippen molar-refractivity contribution in [2.45, 2.75) is 31.6 Å². The maximum atomic E-state index is 12.4. The summed E-state index contributed by atoms with van der Waals surface area (Å²) in [6.07, 6.45) is 0. The van der Waals surface area contributed by atoms with Crippen molar-refractivity contribution in [1.82, 2.24) is 0 Å². The molecular formula is C16H18ClNO2S. The number of hydrogen-bond acceptors (Lipinski definition) is 2. The molecule has 0 heterocycles. The summed E-state index contributed by atoms with van der Waals surface area (Å²) in [6.45, 7) is 5.96. The molecule has 0 aliphatic heterocycles. The molecule has 0 bridgehead atoms. The van der Waals surface area contributed by atoms with E-state index in [4.69, 9.17) is 11.6 Å². The van der Waals surface area contributed by atoms with Crippen LogP contribution in [0.15, 0.2) is 47.4 Å². The Hall–Kier alpha value is -1.52. The average molecular weight is 324 g/mol. The molecule has 0 saturated heterocycles. The van der Waals surface area contributed by atoms with Gasteiger partial charge in [0.1, 0.15) is 0 Å². The fraction of sp³-hybridized carbons (Fsp3) is 0.250. The van der Waals surface area contributed by atoms with Crippen LogP contribution < -0.4 is 4.72 Å². The summed E-state index contributed by atoms with van der Waals surface area (Å²) in [5.41, 5.74) is 2.42. The molecule has 0 atom stereocenters. The van der Waals surface area contributed by atoms with E-state index in [1.54, 1.807) is 30.3 Å². The fourth-order valence-corrected chi connectivity index (χ4v) is 3.23. The van der Waals surface area contributed by atoms with E-state index < -0.39 is 10.0 Å². The maximum Gasteiger partial charge on any atom is 0.261 e. The molecular weight excluding hydrogens is 306 g/mol. The number of anilines is 1. The maximum absolute atomic E-state index is 12.4. The number of halogens is 1. The monoisotopic (exact) mass is 323 g/mol. The van der Waals surface area contributed by atoms with Gasteiger partial charge in [-0.3, -0.25) is 4.72 Å². The van der Waals surface area contributed by atoms with Crippen molar-refractivity contribution < 1.29 is 8.42 Å². The predicted octanol–water partition coefficient (Wildman–Crippen LogP) is 4.57. The molecule has 2 aromatic rings. The molecule has 21 heavy (non-hydrogen) atoms. The summed E-state index contributed by atoms with van der Waals surface area (Å²) in [5.74, 6) is 0.366. The Morgan fingerprint density at radius 3 is 2.24 bits per heavy atom. The van der Waals surface area contributed by atoms with Gasteiger partial charge in [0.2, 0.25) is 0 Å². The Labute approximate surface area is 131 Å². The molecule has 3 nitrogen and oxygen atoms in total. The van der Waals surface area contributed by atoms with E-state index in [2.05, 4.69) is 18.6 Å². The molecule has 112 valence electrons. The summed E-state index contributed by atoms with van der Waals surface area (Å²) in [5, 5.41) is 0.494. The molecule has 0 amide bonds. The highest BCUT2D eigenvalue weighted by Crippen LogP contribution is 2.24. The zero-order valence-corrected chi connectivity index (χ0v) is 13.8. The predicted molar refractivity (Wildman–Crippen MR) is 87.5 cm³/mol. The van der Waals surface area contributed by atoms with Crippen molar-refractivity contribution in [2.75, 3.05) is 4.72 Å². The SMILES string of the molecule is Cc1ccc(Cl)cc1NS(=O)(=O)c1ccc(C(C)C)cc1. The third-order valence-corrected chi connectivity index (χ3v) is 4.92. The van der Waals surface area contributed by atoms with Crippen molar-refractivity contribution in [3.8, 4) is 0 Å². The zero-order valence-electron chi connectivity index (χ0n) is 12.2. The second-order valence-corrected chi connectivity index (χ2v) is 7.41. The van der Waals surface area contributed by atoms with Gasteiger partial charge in [0.15, 0.2) is 0 Å². The van der Waals surface area contributed by atoms with Crippen LogP contribution in [0, 0.1) is 6.92 Å². The van der Waals surface area contributed by atoms with Crippen LogP contribution in [-0.4, -0.2) is 8.42 Å². The van der Waals surface area contributed by atoms with Crippen molar-refractivity contribution in [1.29, 1.82) is 0 Å². The molecule has 0 saturated carbocycles. The first-order valence-corrected chi connectivity index (χ1v) is 8.54. The Kier molecular flexibility index (Phi) is 4.59. The second kappa shape index (κ2) is 6.08. The van der Waals surface area contributed by atoms with E-state index in [0.29, 0.717) is 16.6 Å². The van der Waals surface area contributed by atoms with Gasteiger partial charge >= 0.3 is 0 Å². The highest BCUT2D eigenvalue weighted by atomic mass is 35.5. The fourth-order valence-electron chi connectivity index (χ4n) is 1.94. The highest BCUT2D eigenvalue weighted by molar-refractivity contribution is 7.92. The molecule has 5 heteroatoms. The summed E-state index contributed by atoms with van der Waals surface area (Å²) in [6, 6.07) is 12.0. The molecule has 2 aromatic carbocycles. The van der Waals surface area contributed by atoms with E-state index in [1.807, 2.05) is 19.1 Å². The van der Waals surface area contributed by atoms with Crippen molar-refractivity contribution in [2.24, 2.45) is 0 Å². The lowest BCUT2D eigenvalue weighted by Crippen LogP contribution is -2.13. The van der Waals surface area contributed by atoms with Crippen LogP contribution in [0.5, 0.6) is 0 Å². The van der Waals surface area contributed by atoms with E-state index >= 15 is 0 Å². The van der Waals surface area contributed by atoms with Crippen LogP contribution in [0.1, 0.15) is 30.9 Å². The van der Waals surface area contributed by atoms with Gasteiger partial charge in [0.25, 0.3) is 10.0 Å². The molecule has 0 spiro atoms. The molecule has 1 N–H and O–H groups in total. The molecule has 0 fully saturated rings. The van der Waals surface area contributed by atoms with Gasteiger partial charge in [-0.1, -0.05) is 43.6 Å². The molecule has 0 aliphatic carbocycles. The van der Waals surface area contributed by atoms with Gasteiger partial charge in [0, 0.05) is 5.02 Å². The van der Waals surface area contributed by atoms with Crippen LogP contribution >= 0.6 is 11.6 Å². The summed E-state index contributed by atoms with van der Waals surface area (Å²) in [4.78, 5) is 0.242. The Balaban J connectivity index is 2.31. The quantitative estimate of drug-likeness (QED) is 0.895. The lowest BCUT2D eigenvalue weighted by molar-refractivity contribution is 0.601. The van der Waals surface area contributed by atoms with Crippen LogP contribution in [-0.2, 0) is 10.0 Å². The van der Waals surface area contributed by atoms with E-state index in [-0.39, 0.29) is 4.90 Å². The Morgan fingerprint density at radius 2 is 1.67 bits per heavy atom. The number of sulfonamides is 1. The van der Waals surface area contributed by atoms with Gasteiger partial charge in [-0.25, -0.2) is 8.42 Å². The molecule has 0 aliphatic rings. The largest absolute Gasteiger partial charge is 0.279 e. The number of benzene rings is 2. The second-order valence-electron chi connectivity index (χ2n) is 5.29. The van der Waals surface area contributed by atoms with E-state index in [0.717, 1.165) is 11.1 Å². The van der Waals surface area contributed by atoms with Gasteiger partial charge in [-0.15, -0.1) is 0 Å². The minimum absolute atomic E-state index is 0.242. The van der Waals surface area contributed by atoms with Gasteiger partial charge in [-0.2, -0.15) is 0 Å². The lowest BCUT2D eigenvalue weighted by atomic mass is 10.0. The lowest BCUT2D eigenvalue weighted by Gasteiger charge is -2.12. The smallest absolute Gasteiger partial charge is 0.261 e. The van der Waals surface area contributed by atoms with Crippen LogP contribution in [0.25, 0.3) is 0 Å². The molecule has 0 aromatic heterocycles. The number of nitrogens with one attached hydrogen (secondary N) is 1. The first-order valence-electron chi connectivity index (χ1n) is 6.68. The summed E-state index contributed by atoms with van der Waals surface area (Å²) in [7, 11) is -3.60. The summed E-state index contributed by atoms with van der Waals surface area (Å²) >= 11 is 5.91. The Bertz CT molecular complexity index is 737. The van der Waals surface area contributed by atoms with Gasteiger partial charge in [0.05, 0.1) is 10.6 Å². The van der Waals surface area contributed by atoms with Crippen LogP contribution in [0.4, 0.5) is 5.69 Å². The first kappa shape index (κ1) is 15.9. The number of hydrogen-bond donors (Lipinski definition) is 1. The van der Waals surface area contributed by atoms with Crippen molar-refractivity contribution in [3.05, 3.63) is 58.6 Å². The third-order valence-electron chi connectivity index (χ3n) is 3.30. The zero-order chi connectivity index (χ0) is 15.6. The normalized spacial score (nSPS) is 11.7. The third kappa shape index (κ3) is 3.77. The number of aryl methyl sites for hydroxylation is 1. The van der Waals surface area contributed by atoms with Gasteiger partial charge < -0.3 is 0 Å². The standard InChI is InChI=1S/C16H18ClNO2S/c1-11(2)13-5-8-15(9-6-13)21(19,20)18-16-10-14(17)7-4-12(16)3/h4-11,18H,1-3H3. The summed E-state index contributed by atoms with van der Waals surface area (Å²) < 4.78 is 27.4. The minimum Gasteiger partial charge on any atom is -0.279 e. The molecule has 0 unspecified atom stereocenters. The van der Waals surface area contributed by atoms with E-state index in [9.17, 15) is 8.42 Å². The highest BCUT2D eigenvalue weighted by Gasteiger charge is 2.15. The number of rotatable bonds is 4. The molecule has 2 rings (SSSR count). The van der Waals surface area contributed by atoms with Crippen molar-refractivity contribution >= 4 is 27.3 Å². The van der Waals surface area contributed by atoms with Crippen molar-refractivity contribution in [3.63, 3.8) is 0 Å². The van der Waals surface area contributed by atoms with Gasteiger partial charge in [-0.05, 0) is 48.2 Å². The first-order chi connectivity index (χ1) is 9.79. The topological polar surface area (TPSA) is 46.2 Å². The minimum atomic E-state index is -3.60.